The molecule has 1 heterocycles. The van der Waals surface area contributed by atoms with E-state index in [0.717, 1.165) is 5.56 Å². The molecule has 0 radical (unpaired) electrons. The minimum absolute atomic E-state index is 0.296. The van der Waals surface area contributed by atoms with Gasteiger partial charge in [0.05, 0.1) is 0 Å². The van der Waals surface area contributed by atoms with Crippen LogP contribution in [0.3, 0.4) is 0 Å². The maximum Gasteiger partial charge on any atom is 0.326 e. The maximum atomic E-state index is 12.4. The van der Waals surface area contributed by atoms with E-state index in [0.29, 0.717) is 12.2 Å². The SMILES string of the molecule is C=CC[C@@H]1c2ccccc2OC(=O)[C@H]1C(=O)OC(C)(C)C. The summed E-state index contributed by atoms with van der Waals surface area (Å²) in [5.74, 6) is -1.84. The number of esters is 2. The highest BCUT2D eigenvalue weighted by molar-refractivity contribution is 5.98. The zero-order valence-corrected chi connectivity index (χ0v) is 12.6. The van der Waals surface area contributed by atoms with Crippen LogP contribution >= 0.6 is 0 Å². The molecule has 0 amide bonds. The molecule has 4 heteroatoms. The third kappa shape index (κ3) is 3.32. The summed E-state index contributed by atoms with van der Waals surface area (Å²) in [6, 6.07) is 7.26. The van der Waals surface area contributed by atoms with Crippen LogP contribution in [0.15, 0.2) is 36.9 Å². The van der Waals surface area contributed by atoms with Gasteiger partial charge >= 0.3 is 11.9 Å². The van der Waals surface area contributed by atoms with Gasteiger partial charge in [-0.1, -0.05) is 24.3 Å². The van der Waals surface area contributed by atoms with Crippen LogP contribution in [0.25, 0.3) is 0 Å². The predicted molar refractivity (Wildman–Crippen MR) is 79.0 cm³/mol. The molecule has 2 rings (SSSR count). The summed E-state index contributed by atoms with van der Waals surface area (Å²) in [6.45, 7) is 9.04. The van der Waals surface area contributed by atoms with Gasteiger partial charge < -0.3 is 9.47 Å². The van der Waals surface area contributed by atoms with Gasteiger partial charge in [-0.3, -0.25) is 9.59 Å². The average molecular weight is 288 g/mol. The first-order valence-electron chi connectivity index (χ1n) is 6.98. The molecule has 0 aliphatic carbocycles. The molecule has 0 aromatic heterocycles. The van der Waals surface area contributed by atoms with Gasteiger partial charge in [-0.2, -0.15) is 0 Å². The lowest BCUT2D eigenvalue weighted by molar-refractivity contribution is -0.167. The van der Waals surface area contributed by atoms with Gasteiger partial charge in [0.25, 0.3) is 0 Å². The quantitative estimate of drug-likeness (QED) is 0.371. The van der Waals surface area contributed by atoms with E-state index in [4.69, 9.17) is 9.47 Å². The molecular formula is C17H20O4. The van der Waals surface area contributed by atoms with Crippen LogP contribution in [0.2, 0.25) is 0 Å². The molecule has 112 valence electrons. The highest BCUT2D eigenvalue weighted by atomic mass is 16.6. The van der Waals surface area contributed by atoms with Gasteiger partial charge in [-0.05, 0) is 38.8 Å². The van der Waals surface area contributed by atoms with Crippen LogP contribution in [0.4, 0.5) is 0 Å². The Morgan fingerprint density at radius 3 is 2.67 bits per heavy atom. The van der Waals surface area contributed by atoms with Crippen molar-refractivity contribution in [1.82, 2.24) is 0 Å². The molecule has 2 atom stereocenters. The smallest absolute Gasteiger partial charge is 0.326 e. The molecule has 0 bridgehead atoms. The number of carbonyl (C=O) groups is 2. The molecule has 4 nitrogen and oxygen atoms in total. The fourth-order valence-corrected chi connectivity index (χ4v) is 2.46. The van der Waals surface area contributed by atoms with Crippen molar-refractivity contribution in [1.29, 1.82) is 0 Å². The van der Waals surface area contributed by atoms with E-state index in [1.165, 1.54) is 0 Å². The second-order valence-electron chi connectivity index (χ2n) is 6.10. The Bertz CT molecular complexity index is 568. The van der Waals surface area contributed by atoms with Crippen molar-refractivity contribution in [2.75, 3.05) is 0 Å². The van der Waals surface area contributed by atoms with E-state index in [2.05, 4.69) is 6.58 Å². The van der Waals surface area contributed by atoms with E-state index in [1.54, 1.807) is 39.0 Å². The third-order valence-corrected chi connectivity index (χ3v) is 3.27. The van der Waals surface area contributed by atoms with Gasteiger partial charge in [-0.25, -0.2) is 0 Å². The molecule has 0 saturated heterocycles. The van der Waals surface area contributed by atoms with Crippen molar-refractivity contribution in [2.45, 2.75) is 38.7 Å². The topological polar surface area (TPSA) is 52.6 Å². The summed E-state index contributed by atoms with van der Waals surface area (Å²) in [7, 11) is 0. The minimum atomic E-state index is -0.947. The Labute approximate surface area is 124 Å². The Hall–Kier alpha value is -2.10. The predicted octanol–water partition coefficient (Wildman–Crippen LogP) is 3.22. The van der Waals surface area contributed by atoms with Crippen LogP contribution in [-0.4, -0.2) is 17.5 Å². The molecule has 0 spiro atoms. The first kappa shape index (κ1) is 15.3. The van der Waals surface area contributed by atoms with Crippen molar-refractivity contribution in [2.24, 2.45) is 5.92 Å². The Morgan fingerprint density at radius 2 is 2.05 bits per heavy atom. The van der Waals surface area contributed by atoms with Crippen LogP contribution in [0, 0.1) is 5.92 Å². The summed E-state index contributed by atoms with van der Waals surface area (Å²) in [5, 5.41) is 0. The largest absolute Gasteiger partial charge is 0.459 e. The van der Waals surface area contributed by atoms with Crippen molar-refractivity contribution in [3.63, 3.8) is 0 Å². The van der Waals surface area contributed by atoms with Crippen molar-refractivity contribution in [3.8, 4) is 5.75 Å². The van der Waals surface area contributed by atoms with Crippen LogP contribution in [0.5, 0.6) is 5.75 Å². The number of allylic oxidation sites excluding steroid dienone is 1. The first-order valence-corrected chi connectivity index (χ1v) is 6.98. The number of hydrogen-bond donors (Lipinski definition) is 0. The lowest BCUT2D eigenvalue weighted by Crippen LogP contribution is -2.40. The van der Waals surface area contributed by atoms with Gasteiger partial charge in [0, 0.05) is 5.92 Å². The highest BCUT2D eigenvalue weighted by Gasteiger charge is 2.44. The zero-order valence-electron chi connectivity index (χ0n) is 12.6. The normalized spacial score (nSPS) is 21.2. The van der Waals surface area contributed by atoms with E-state index < -0.39 is 23.5 Å². The number of para-hydroxylation sites is 1. The molecule has 1 aromatic rings. The van der Waals surface area contributed by atoms with Crippen LogP contribution < -0.4 is 4.74 Å². The van der Waals surface area contributed by atoms with Gasteiger partial charge in [-0.15, -0.1) is 6.58 Å². The minimum Gasteiger partial charge on any atom is -0.459 e. The molecule has 1 aromatic carbocycles. The molecular weight excluding hydrogens is 268 g/mol. The van der Waals surface area contributed by atoms with Crippen molar-refractivity contribution >= 4 is 11.9 Å². The van der Waals surface area contributed by atoms with E-state index in [9.17, 15) is 9.59 Å². The molecule has 0 saturated carbocycles. The fourth-order valence-electron chi connectivity index (χ4n) is 2.46. The lowest BCUT2D eigenvalue weighted by atomic mass is 9.81. The summed E-state index contributed by atoms with van der Waals surface area (Å²) >= 11 is 0. The number of benzene rings is 1. The number of carbonyl (C=O) groups excluding carboxylic acids is 2. The molecule has 0 unspecified atom stereocenters. The molecule has 1 aliphatic rings. The van der Waals surface area contributed by atoms with E-state index >= 15 is 0 Å². The maximum absolute atomic E-state index is 12.4. The lowest BCUT2D eigenvalue weighted by Gasteiger charge is -2.31. The Morgan fingerprint density at radius 1 is 1.38 bits per heavy atom. The van der Waals surface area contributed by atoms with Crippen molar-refractivity contribution < 1.29 is 19.1 Å². The van der Waals surface area contributed by atoms with Gasteiger partial charge in [0.15, 0.2) is 5.92 Å². The molecule has 21 heavy (non-hydrogen) atoms. The number of fused-ring (bicyclic) bond motifs is 1. The monoisotopic (exact) mass is 288 g/mol. The number of hydrogen-bond acceptors (Lipinski definition) is 4. The zero-order chi connectivity index (χ0) is 15.6. The number of rotatable bonds is 3. The number of ether oxygens (including phenoxy) is 2. The average Bonchev–Trinajstić information content (AvgIpc) is 2.36. The van der Waals surface area contributed by atoms with Crippen molar-refractivity contribution in [3.05, 3.63) is 42.5 Å². The van der Waals surface area contributed by atoms with Crippen LogP contribution in [-0.2, 0) is 14.3 Å². The highest BCUT2D eigenvalue weighted by Crippen LogP contribution is 2.40. The van der Waals surface area contributed by atoms with E-state index in [-0.39, 0.29) is 5.92 Å². The second kappa shape index (κ2) is 5.72. The fraction of sp³-hybridized carbons (Fsp3) is 0.412. The summed E-state index contributed by atoms with van der Waals surface area (Å²) in [5.41, 5.74) is 0.195. The third-order valence-electron chi connectivity index (χ3n) is 3.27. The summed E-state index contributed by atoms with van der Waals surface area (Å²) in [4.78, 5) is 24.6. The Kier molecular flexibility index (Phi) is 4.16. The van der Waals surface area contributed by atoms with Gasteiger partial charge in [0.2, 0.25) is 0 Å². The molecule has 0 fully saturated rings. The van der Waals surface area contributed by atoms with Gasteiger partial charge in [0.1, 0.15) is 11.4 Å². The summed E-state index contributed by atoms with van der Waals surface area (Å²) < 4.78 is 10.6. The van der Waals surface area contributed by atoms with E-state index in [1.807, 2.05) is 12.1 Å². The Balaban J connectivity index is 2.38. The molecule has 0 N–H and O–H groups in total. The van der Waals surface area contributed by atoms with Crippen LogP contribution in [0.1, 0.15) is 38.7 Å². The summed E-state index contributed by atoms with van der Waals surface area (Å²) in [6.07, 6.45) is 2.22. The molecule has 1 aliphatic heterocycles. The second-order valence-corrected chi connectivity index (χ2v) is 6.10. The first-order chi connectivity index (χ1) is 9.83. The standard InChI is InChI=1S/C17H20O4/c1-5-8-12-11-9-6-7-10-13(11)20-15(18)14(12)16(19)21-17(2,3)4/h5-7,9-10,12,14H,1,8H2,2-4H3/t12-,14+/m1/s1.